The predicted molar refractivity (Wildman–Crippen MR) is 80.0 cm³/mol. The topological polar surface area (TPSA) is 61.9 Å². The van der Waals surface area contributed by atoms with E-state index in [1.165, 1.54) is 12.8 Å². The van der Waals surface area contributed by atoms with Gasteiger partial charge in [-0.3, -0.25) is 4.79 Å². The first-order valence-corrected chi connectivity index (χ1v) is 8.11. The lowest BCUT2D eigenvalue weighted by Crippen LogP contribution is -2.50. The Labute approximate surface area is 126 Å². The SMILES string of the molecule is CCOC(=O)N1CCN(C(=O)CCC2CCCNC2)CC1. The van der Waals surface area contributed by atoms with E-state index < -0.39 is 0 Å². The van der Waals surface area contributed by atoms with Crippen molar-refractivity contribution in [3.63, 3.8) is 0 Å². The van der Waals surface area contributed by atoms with Gasteiger partial charge < -0.3 is 19.9 Å². The zero-order chi connectivity index (χ0) is 15.1. The number of piperazine rings is 1. The van der Waals surface area contributed by atoms with Gasteiger partial charge in [-0.25, -0.2) is 4.79 Å². The van der Waals surface area contributed by atoms with E-state index in [9.17, 15) is 9.59 Å². The monoisotopic (exact) mass is 297 g/mol. The van der Waals surface area contributed by atoms with Crippen molar-refractivity contribution in [3.8, 4) is 0 Å². The number of nitrogens with zero attached hydrogens (tertiary/aromatic N) is 2. The number of carbonyl (C=O) groups is 2. The largest absolute Gasteiger partial charge is 0.450 e. The number of rotatable bonds is 4. The van der Waals surface area contributed by atoms with Gasteiger partial charge in [-0.05, 0) is 45.2 Å². The molecule has 2 amide bonds. The number of hydrogen-bond donors (Lipinski definition) is 1. The number of piperidine rings is 1. The van der Waals surface area contributed by atoms with Gasteiger partial charge in [-0.1, -0.05) is 0 Å². The number of amides is 2. The van der Waals surface area contributed by atoms with Crippen LogP contribution in [0.15, 0.2) is 0 Å². The lowest BCUT2D eigenvalue weighted by molar-refractivity contribution is -0.133. The lowest BCUT2D eigenvalue weighted by atomic mass is 9.94. The van der Waals surface area contributed by atoms with Crippen LogP contribution in [0.4, 0.5) is 4.79 Å². The Hall–Kier alpha value is -1.30. The third kappa shape index (κ3) is 4.88. The Balaban J connectivity index is 1.66. The fraction of sp³-hybridized carbons (Fsp3) is 0.867. The molecule has 21 heavy (non-hydrogen) atoms. The highest BCUT2D eigenvalue weighted by Crippen LogP contribution is 2.17. The first-order chi connectivity index (χ1) is 10.2. The Morgan fingerprint density at radius 1 is 1.19 bits per heavy atom. The summed E-state index contributed by atoms with van der Waals surface area (Å²) >= 11 is 0. The van der Waals surface area contributed by atoms with Crippen molar-refractivity contribution < 1.29 is 14.3 Å². The molecule has 1 atom stereocenters. The fourth-order valence-corrected chi connectivity index (χ4v) is 3.01. The zero-order valence-corrected chi connectivity index (χ0v) is 13.0. The molecule has 0 aromatic heterocycles. The summed E-state index contributed by atoms with van der Waals surface area (Å²) in [6.07, 6.45) is 3.79. The third-order valence-corrected chi connectivity index (χ3v) is 4.32. The molecule has 0 aromatic rings. The van der Waals surface area contributed by atoms with Crippen LogP contribution < -0.4 is 5.32 Å². The van der Waals surface area contributed by atoms with Crippen LogP contribution in [0.1, 0.15) is 32.6 Å². The van der Waals surface area contributed by atoms with Crippen LogP contribution in [0.3, 0.4) is 0 Å². The molecule has 1 unspecified atom stereocenters. The summed E-state index contributed by atoms with van der Waals surface area (Å²) in [4.78, 5) is 27.4. The van der Waals surface area contributed by atoms with Gasteiger partial charge in [0.1, 0.15) is 0 Å². The Bertz CT molecular complexity index is 348. The van der Waals surface area contributed by atoms with Crippen molar-refractivity contribution in [2.75, 3.05) is 45.9 Å². The Morgan fingerprint density at radius 3 is 2.52 bits per heavy atom. The molecule has 0 bridgehead atoms. The lowest BCUT2D eigenvalue weighted by Gasteiger charge is -2.34. The van der Waals surface area contributed by atoms with Crippen LogP contribution in [0.25, 0.3) is 0 Å². The van der Waals surface area contributed by atoms with Crippen LogP contribution in [-0.2, 0) is 9.53 Å². The summed E-state index contributed by atoms with van der Waals surface area (Å²) in [5, 5.41) is 3.39. The van der Waals surface area contributed by atoms with Gasteiger partial charge in [0.25, 0.3) is 0 Å². The van der Waals surface area contributed by atoms with Crippen molar-refractivity contribution in [2.24, 2.45) is 5.92 Å². The third-order valence-electron chi connectivity index (χ3n) is 4.32. The molecule has 0 aromatic carbocycles. The van der Waals surface area contributed by atoms with Crippen LogP contribution in [0, 0.1) is 5.92 Å². The second-order valence-electron chi connectivity index (χ2n) is 5.82. The maximum absolute atomic E-state index is 12.2. The maximum Gasteiger partial charge on any atom is 0.409 e. The van der Waals surface area contributed by atoms with E-state index in [4.69, 9.17) is 4.74 Å². The minimum atomic E-state index is -0.266. The minimum absolute atomic E-state index is 0.226. The van der Waals surface area contributed by atoms with Crippen LogP contribution in [0.5, 0.6) is 0 Å². The smallest absolute Gasteiger partial charge is 0.409 e. The van der Waals surface area contributed by atoms with E-state index in [0.717, 1.165) is 19.5 Å². The van der Waals surface area contributed by atoms with Crippen molar-refractivity contribution in [1.82, 2.24) is 15.1 Å². The van der Waals surface area contributed by atoms with E-state index in [0.29, 0.717) is 45.1 Å². The average molecular weight is 297 g/mol. The summed E-state index contributed by atoms with van der Waals surface area (Å²) in [6, 6.07) is 0. The van der Waals surface area contributed by atoms with Crippen molar-refractivity contribution >= 4 is 12.0 Å². The molecule has 2 aliphatic heterocycles. The molecule has 6 heteroatoms. The molecular formula is C15H27N3O3. The van der Waals surface area contributed by atoms with Gasteiger partial charge >= 0.3 is 6.09 Å². The minimum Gasteiger partial charge on any atom is -0.450 e. The summed E-state index contributed by atoms with van der Waals surface area (Å²) in [5.74, 6) is 0.868. The van der Waals surface area contributed by atoms with E-state index in [1.54, 1.807) is 11.8 Å². The van der Waals surface area contributed by atoms with Gasteiger partial charge in [0.15, 0.2) is 0 Å². The van der Waals surface area contributed by atoms with Gasteiger partial charge in [0.05, 0.1) is 6.61 Å². The Kier molecular flexibility index (Phi) is 6.29. The standard InChI is InChI=1S/C15H27N3O3/c1-2-21-15(20)18-10-8-17(9-11-18)14(19)6-5-13-4-3-7-16-12-13/h13,16H,2-12H2,1H3. The van der Waals surface area contributed by atoms with Crippen molar-refractivity contribution in [3.05, 3.63) is 0 Å². The van der Waals surface area contributed by atoms with E-state index >= 15 is 0 Å². The van der Waals surface area contributed by atoms with E-state index in [-0.39, 0.29) is 12.0 Å². The molecule has 1 N–H and O–H groups in total. The molecule has 2 aliphatic rings. The molecule has 120 valence electrons. The Morgan fingerprint density at radius 2 is 1.90 bits per heavy atom. The molecule has 2 saturated heterocycles. The molecule has 2 rings (SSSR count). The summed E-state index contributed by atoms with van der Waals surface area (Å²) < 4.78 is 4.98. The fourth-order valence-electron chi connectivity index (χ4n) is 3.01. The van der Waals surface area contributed by atoms with Crippen LogP contribution in [-0.4, -0.2) is 67.7 Å². The summed E-state index contributed by atoms with van der Waals surface area (Å²) in [5.41, 5.74) is 0. The van der Waals surface area contributed by atoms with Gasteiger partial charge in [-0.2, -0.15) is 0 Å². The number of hydrogen-bond acceptors (Lipinski definition) is 4. The highest BCUT2D eigenvalue weighted by molar-refractivity contribution is 5.76. The average Bonchev–Trinajstić information content (AvgIpc) is 2.54. The van der Waals surface area contributed by atoms with Crippen LogP contribution >= 0.6 is 0 Å². The number of carbonyl (C=O) groups excluding carboxylic acids is 2. The second kappa shape index (κ2) is 8.22. The normalized spacial score (nSPS) is 23.0. The van der Waals surface area contributed by atoms with Gasteiger partial charge in [0, 0.05) is 32.6 Å². The van der Waals surface area contributed by atoms with Gasteiger partial charge in [-0.15, -0.1) is 0 Å². The molecule has 6 nitrogen and oxygen atoms in total. The summed E-state index contributed by atoms with van der Waals surface area (Å²) in [6.45, 7) is 6.77. The van der Waals surface area contributed by atoms with Gasteiger partial charge in [0.2, 0.25) is 5.91 Å². The highest BCUT2D eigenvalue weighted by atomic mass is 16.6. The quantitative estimate of drug-likeness (QED) is 0.843. The molecule has 0 spiro atoms. The number of ether oxygens (including phenoxy) is 1. The molecule has 0 saturated carbocycles. The molecule has 0 radical (unpaired) electrons. The van der Waals surface area contributed by atoms with E-state index in [1.807, 2.05) is 4.90 Å². The number of nitrogens with one attached hydrogen (secondary N) is 1. The van der Waals surface area contributed by atoms with Crippen LogP contribution in [0.2, 0.25) is 0 Å². The zero-order valence-electron chi connectivity index (χ0n) is 13.0. The van der Waals surface area contributed by atoms with Crippen molar-refractivity contribution in [2.45, 2.75) is 32.6 Å². The van der Waals surface area contributed by atoms with E-state index in [2.05, 4.69) is 5.32 Å². The molecule has 2 fully saturated rings. The first-order valence-electron chi connectivity index (χ1n) is 8.11. The molecular weight excluding hydrogens is 270 g/mol. The highest BCUT2D eigenvalue weighted by Gasteiger charge is 2.25. The maximum atomic E-state index is 12.2. The second-order valence-corrected chi connectivity index (χ2v) is 5.82. The molecule has 2 heterocycles. The predicted octanol–water partition coefficient (Wildman–Crippen LogP) is 1.07. The summed E-state index contributed by atoms with van der Waals surface area (Å²) in [7, 11) is 0. The van der Waals surface area contributed by atoms with Crippen molar-refractivity contribution in [1.29, 1.82) is 0 Å². The first kappa shape index (κ1) is 16.1. The molecule has 0 aliphatic carbocycles.